The summed E-state index contributed by atoms with van der Waals surface area (Å²) in [6.45, 7) is 5.76. The van der Waals surface area contributed by atoms with Crippen LogP contribution in [0.2, 0.25) is 0 Å². The molecule has 0 aliphatic heterocycles. The van der Waals surface area contributed by atoms with Crippen LogP contribution in [0, 0.1) is 0 Å². The second kappa shape index (κ2) is 3.67. The van der Waals surface area contributed by atoms with Gasteiger partial charge in [0.05, 0.1) is 4.75 Å². The van der Waals surface area contributed by atoms with Crippen LogP contribution >= 0.6 is 11.8 Å². The molecule has 74 valence electrons. The maximum Gasteiger partial charge on any atom is 0.166 e. The molecule has 13 heavy (non-hydrogen) atoms. The third-order valence-electron chi connectivity index (χ3n) is 1.95. The Bertz CT molecular complexity index is 283. The lowest BCUT2D eigenvalue weighted by atomic mass is 10.2. The molecule has 0 bridgehead atoms. The van der Waals surface area contributed by atoms with E-state index in [0.717, 1.165) is 5.82 Å². The summed E-state index contributed by atoms with van der Waals surface area (Å²) in [6.07, 6.45) is 1.43. The Balaban J connectivity index is 2.91. The third-order valence-corrected chi connectivity index (χ3v) is 3.15. The lowest BCUT2D eigenvalue weighted by Gasteiger charge is -2.16. The minimum atomic E-state index is -0.584. The Hall–Kier alpha value is -0.550. The average molecular weight is 201 g/mol. The zero-order chi connectivity index (χ0) is 10.1. The molecule has 0 aromatic carbocycles. The van der Waals surface area contributed by atoms with E-state index in [9.17, 15) is 5.11 Å². The fourth-order valence-corrected chi connectivity index (χ4v) is 1.10. The number of aliphatic hydroxyl groups is 1. The monoisotopic (exact) mass is 201 g/mol. The molecule has 0 saturated heterocycles. The summed E-state index contributed by atoms with van der Waals surface area (Å²) in [6, 6.07) is 0. The fourth-order valence-electron chi connectivity index (χ4n) is 0.822. The van der Waals surface area contributed by atoms with E-state index < -0.39 is 6.10 Å². The van der Waals surface area contributed by atoms with Crippen molar-refractivity contribution in [3.63, 3.8) is 0 Å². The lowest BCUT2D eigenvalue weighted by Crippen LogP contribution is -2.13. The molecule has 1 aromatic heterocycles. The van der Waals surface area contributed by atoms with E-state index in [4.69, 9.17) is 0 Å². The van der Waals surface area contributed by atoms with E-state index in [1.165, 1.54) is 0 Å². The van der Waals surface area contributed by atoms with Gasteiger partial charge in [0, 0.05) is 0 Å². The Kier molecular flexibility index (Phi) is 2.98. The Morgan fingerprint density at radius 3 is 2.54 bits per heavy atom. The Morgan fingerprint density at radius 1 is 1.54 bits per heavy atom. The SMILES string of the molecule is CSC(C)(C)c1n[nH]c(C(C)O)n1. The van der Waals surface area contributed by atoms with E-state index in [0.29, 0.717) is 5.82 Å². The predicted molar refractivity (Wildman–Crippen MR) is 53.6 cm³/mol. The van der Waals surface area contributed by atoms with Crippen LogP contribution in [0.25, 0.3) is 0 Å². The highest BCUT2D eigenvalue weighted by atomic mass is 32.2. The first-order valence-electron chi connectivity index (χ1n) is 4.13. The summed E-state index contributed by atoms with van der Waals surface area (Å²) in [7, 11) is 0. The molecule has 1 atom stereocenters. The predicted octanol–water partition coefficient (Wildman–Crippen LogP) is 1.46. The van der Waals surface area contributed by atoms with E-state index in [-0.39, 0.29) is 4.75 Å². The van der Waals surface area contributed by atoms with Gasteiger partial charge in [0.2, 0.25) is 0 Å². The van der Waals surface area contributed by atoms with Gasteiger partial charge in [-0.15, -0.1) is 0 Å². The van der Waals surface area contributed by atoms with Gasteiger partial charge in [-0.25, -0.2) is 4.98 Å². The molecular weight excluding hydrogens is 186 g/mol. The summed E-state index contributed by atoms with van der Waals surface area (Å²) < 4.78 is -0.107. The summed E-state index contributed by atoms with van der Waals surface area (Å²) in [5, 5.41) is 16.0. The van der Waals surface area contributed by atoms with Crippen molar-refractivity contribution in [1.82, 2.24) is 15.2 Å². The number of thioether (sulfide) groups is 1. The van der Waals surface area contributed by atoms with Crippen molar-refractivity contribution in [2.24, 2.45) is 0 Å². The maximum atomic E-state index is 9.23. The van der Waals surface area contributed by atoms with Gasteiger partial charge < -0.3 is 5.11 Å². The van der Waals surface area contributed by atoms with Crippen LogP contribution in [-0.2, 0) is 4.75 Å². The highest BCUT2D eigenvalue weighted by Gasteiger charge is 2.24. The van der Waals surface area contributed by atoms with Crippen LogP contribution < -0.4 is 0 Å². The molecule has 0 radical (unpaired) electrons. The molecule has 2 N–H and O–H groups in total. The molecular formula is C8H15N3OS. The van der Waals surface area contributed by atoms with E-state index in [2.05, 4.69) is 15.2 Å². The van der Waals surface area contributed by atoms with E-state index >= 15 is 0 Å². The van der Waals surface area contributed by atoms with E-state index in [1.807, 2.05) is 20.1 Å². The second-order valence-corrected chi connectivity index (χ2v) is 4.86. The van der Waals surface area contributed by atoms with Crippen molar-refractivity contribution in [2.45, 2.75) is 31.6 Å². The average Bonchev–Trinajstić information content (AvgIpc) is 2.52. The van der Waals surface area contributed by atoms with Gasteiger partial charge in [0.25, 0.3) is 0 Å². The van der Waals surface area contributed by atoms with Crippen LogP contribution in [0.1, 0.15) is 38.5 Å². The highest BCUT2D eigenvalue weighted by molar-refractivity contribution is 7.99. The van der Waals surface area contributed by atoms with Crippen LogP contribution in [0.3, 0.4) is 0 Å². The summed E-state index contributed by atoms with van der Waals surface area (Å²) >= 11 is 1.68. The molecule has 0 amide bonds. The van der Waals surface area contributed by atoms with Crippen LogP contribution in [0.4, 0.5) is 0 Å². The van der Waals surface area contributed by atoms with Crippen molar-refractivity contribution in [1.29, 1.82) is 0 Å². The molecule has 1 unspecified atom stereocenters. The number of H-pyrrole nitrogens is 1. The molecule has 4 nitrogen and oxygen atoms in total. The Morgan fingerprint density at radius 2 is 2.15 bits per heavy atom. The van der Waals surface area contributed by atoms with Crippen molar-refractivity contribution >= 4 is 11.8 Å². The van der Waals surface area contributed by atoms with Gasteiger partial charge in [0.15, 0.2) is 11.6 Å². The first kappa shape index (κ1) is 10.5. The molecule has 0 fully saturated rings. The molecule has 1 heterocycles. The van der Waals surface area contributed by atoms with Gasteiger partial charge in [-0.05, 0) is 27.0 Å². The zero-order valence-electron chi connectivity index (χ0n) is 8.33. The third kappa shape index (κ3) is 2.22. The second-order valence-electron chi connectivity index (χ2n) is 3.43. The molecule has 5 heteroatoms. The van der Waals surface area contributed by atoms with Gasteiger partial charge in [-0.2, -0.15) is 16.9 Å². The minimum Gasteiger partial charge on any atom is -0.385 e. The van der Waals surface area contributed by atoms with Crippen molar-refractivity contribution in [2.75, 3.05) is 6.26 Å². The number of aromatic amines is 1. The van der Waals surface area contributed by atoms with Crippen LogP contribution in [-0.4, -0.2) is 26.5 Å². The van der Waals surface area contributed by atoms with Crippen molar-refractivity contribution in [3.8, 4) is 0 Å². The molecule has 0 aliphatic carbocycles. The largest absolute Gasteiger partial charge is 0.385 e. The number of hydrogen-bond donors (Lipinski definition) is 2. The quantitative estimate of drug-likeness (QED) is 0.777. The van der Waals surface area contributed by atoms with Gasteiger partial charge in [0.1, 0.15) is 6.10 Å². The summed E-state index contributed by atoms with van der Waals surface area (Å²) in [5.74, 6) is 1.26. The number of rotatable bonds is 3. The van der Waals surface area contributed by atoms with Crippen molar-refractivity contribution < 1.29 is 5.11 Å². The van der Waals surface area contributed by atoms with Gasteiger partial charge in [-0.3, -0.25) is 5.10 Å². The van der Waals surface area contributed by atoms with Gasteiger partial charge >= 0.3 is 0 Å². The number of aliphatic hydroxyl groups excluding tert-OH is 1. The molecule has 1 rings (SSSR count). The minimum absolute atomic E-state index is 0.107. The maximum absolute atomic E-state index is 9.23. The van der Waals surface area contributed by atoms with Crippen molar-refractivity contribution in [3.05, 3.63) is 11.6 Å². The number of nitrogens with one attached hydrogen (secondary N) is 1. The van der Waals surface area contributed by atoms with Gasteiger partial charge in [-0.1, -0.05) is 0 Å². The standard InChI is InChI=1S/C8H15N3OS/c1-5(12)6-9-7(11-10-6)8(2,3)13-4/h5,12H,1-4H3,(H,9,10,11). The first-order chi connectivity index (χ1) is 5.97. The lowest BCUT2D eigenvalue weighted by molar-refractivity contribution is 0.189. The van der Waals surface area contributed by atoms with Crippen LogP contribution in [0.15, 0.2) is 0 Å². The molecule has 1 aromatic rings. The molecule has 0 aliphatic rings. The number of aromatic nitrogens is 3. The smallest absolute Gasteiger partial charge is 0.166 e. The highest BCUT2D eigenvalue weighted by Crippen LogP contribution is 2.30. The summed E-state index contributed by atoms with van der Waals surface area (Å²) in [4.78, 5) is 4.21. The molecule has 0 saturated carbocycles. The number of hydrogen-bond acceptors (Lipinski definition) is 4. The van der Waals surface area contributed by atoms with Crippen LogP contribution in [0.5, 0.6) is 0 Å². The normalized spacial score (nSPS) is 14.5. The first-order valence-corrected chi connectivity index (χ1v) is 5.36. The topological polar surface area (TPSA) is 61.8 Å². The zero-order valence-corrected chi connectivity index (χ0v) is 9.14. The summed E-state index contributed by atoms with van der Waals surface area (Å²) in [5.41, 5.74) is 0. The van der Waals surface area contributed by atoms with E-state index in [1.54, 1.807) is 18.7 Å². The fraction of sp³-hybridized carbons (Fsp3) is 0.750. The molecule has 0 spiro atoms. The Labute approximate surface area is 82.2 Å². The number of nitrogens with zero attached hydrogens (tertiary/aromatic N) is 2.